The summed E-state index contributed by atoms with van der Waals surface area (Å²) in [6.07, 6.45) is 1.85. The molecule has 0 radical (unpaired) electrons. The smallest absolute Gasteiger partial charge is 0.266 e. The third-order valence-electron chi connectivity index (χ3n) is 3.72. The van der Waals surface area contributed by atoms with E-state index in [0.717, 1.165) is 16.9 Å². The van der Waals surface area contributed by atoms with Crippen molar-refractivity contribution in [1.29, 1.82) is 0 Å². The van der Waals surface area contributed by atoms with Crippen LogP contribution in [0.3, 0.4) is 0 Å². The molecule has 0 N–H and O–H groups in total. The quantitative estimate of drug-likeness (QED) is 0.523. The molecule has 1 amide bonds. The normalized spacial score (nSPS) is 15.9. The van der Waals surface area contributed by atoms with Gasteiger partial charge in [-0.05, 0) is 36.8 Å². The van der Waals surface area contributed by atoms with Gasteiger partial charge in [0.15, 0.2) is 0 Å². The lowest BCUT2D eigenvalue weighted by Crippen LogP contribution is -2.27. The van der Waals surface area contributed by atoms with E-state index in [0.29, 0.717) is 27.4 Å². The Kier molecular flexibility index (Phi) is 5.78. The Bertz CT molecular complexity index is 834. The minimum absolute atomic E-state index is 0.0310. The molecule has 1 saturated heterocycles. The molecule has 0 unspecified atom stereocenters. The fourth-order valence-electron chi connectivity index (χ4n) is 2.36. The van der Waals surface area contributed by atoms with Gasteiger partial charge in [0.25, 0.3) is 5.91 Å². The van der Waals surface area contributed by atoms with Crippen LogP contribution in [0.5, 0.6) is 5.75 Å². The summed E-state index contributed by atoms with van der Waals surface area (Å²) in [5.41, 5.74) is 1.87. The molecule has 2 aromatic carbocycles. The summed E-state index contributed by atoms with van der Waals surface area (Å²) >= 11 is 12.7. The van der Waals surface area contributed by atoms with Crippen LogP contribution in [0.2, 0.25) is 5.02 Å². The van der Waals surface area contributed by atoms with Crippen LogP contribution in [0.1, 0.15) is 18.1 Å². The van der Waals surface area contributed by atoms with Crippen LogP contribution in [-0.4, -0.2) is 21.7 Å². The minimum Gasteiger partial charge on any atom is -0.489 e. The van der Waals surface area contributed by atoms with Crippen molar-refractivity contribution in [2.45, 2.75) is 13.5 Å². The van der Waals surface area contributed by atoms with Gasteiger partial charge in [-0.1, -0.05) is 65.9 Å². The number of rotatable bonds is 5. The fraction of sp³-hybridized carbons (Fsp3) is 0.158. The highest BCUT2D eigenvalue weighted by Crippen LogP contribution is 2.32. The molecule has 0 spiro atoms. The standard InChI is InChI=1S/C19H16ClNO2S2/c1-2-21-18(22)17(25-19(21)24)11-13-7-9-15(10-8-13)23-12-14-5-3-4-6-16(14)20/h3-11H,2,12H2,1H3. The molecule has 1 aliphatic heterocycles. The molecule has 6 heteroatoms. The van der Waals surface area contributed by atoms with E-state index in [9.17, 15) is 4.79 Å². The number of benzene rings is 2. The van der Waals surface area contributed by atoms with Gasteiger partial charge in [-0.2, -0.15) is 0 Å². The number of thioether (sulfide) groups is 1. The molecule has 25 heavy (non-hydrogen) atoms. The second kappa shape index (κ2) is 8.04. The lowest BCUT2D eigenvalue weighted by molar-refractivity contribution is -0.121. The zero-order valence-corrected chi connectivity index (χ0v) is 16.0. The predicted octanol–water partition coefficient (Wildman–Crippen LogP) is 5.14. The first-order chi connectivity index (χ1) is 12.1. The largest absolute Gasteiger partial charge is 0.489 e. The zero-order valence-electron chi connectivity index (χ0n) is 13.6. The summed E-state index contributed by atoms with van der Waals surface area (Å²) in [6.45, 7) is 2.92. The molecule has 1 aliphatic rings. The Balaban J connectivity index is 1.67. The molecule has 1 heterocycles. The van der Waals surface area contributed by atoms with Crippen molar-refractivity contribution >= 4 is 51.9 Å². The van der Waals surface area contributed by atoms with E-state index in [1.165, 1.54) is 11.8 Å². The Labute approximate surface area is 161 Å². The SMILES string of the molecule is CCN1C(=O)C(=Cc2ccc(OCc3ccccc3Cl)cc2)SC1=S. The maximum absolute atomic E-state index is 12.2. The molecule has 3 rings (SSSR count). The van der Waals surface area contributed by atoms with Crippen molar-refractivity contribution in [2.75, 3.05) is 6.54 Å². The van der Waals surface area contributed by atoms with Crippen molar-refractivity contribution < 1.29 is 9.53 Å². The van der Waals surface area contributed by atoms with Crippen molar-refractivity contribution in [3.63, 3.8) is 0 Å². The molecule has 0 bridgehead atoms. The van der Waals surface area contributed by atoms with Gasteiger partial charge in [0, 0.05) is 17.1 Å². The van der Waals surface area contributed by atoms with Crippen LogP contribution in [-0.2, 0) is 11.4 Å². The van der Waals surface area contributed by atoms with E-state index >= 15 is 0 Å². The summed E-state index contributed by atoms with van der Waals surface area (Å²) in [5.74, 6) is 0.717. The van der Waals surface area contributed by atoms with E-state index in [2.05, 4.69) is 0 Å². The Morgan fingerprint density at radius 2 is 1.92 bits per heavy atom. The number of carbonyl (C=O) groups is 1. The summed E-state index contributed by atoms with van der Waals surface area (Å²) in [5, 5.41) is 0.692. The summed E-state index contributed by atoms with van der Waals surface area (Å²) in [7, 11) is 0. The molecular formula is C19H16ClNO2S2. The Morgan fingerprint density at radius 3 is 2.56 bits per heavy atom. The summed E-state index contributed by atoms with van der Waals surface area (Å²) in [4.78, 5) is 14.5. The van der Waals surface area contributed by atoms with E-state index in [4.69, 9.17) is 28.6 Å². The number of likely N-dealkylation sites (N-methyl/N-ethyl adjacent to an activating group) is 1. The van der Waals surface area contributed by atoms with Crippen LogP contribution in [0, 0.1) is 0 Å². The molecule has 0 aliphatic carbocycles. The van der Waals surface area contributed by atoms with Gasteiger partial charge in [0.05, 0.1) is 4.91 Å². The number of halogens is 1. The van der Waals surface area contributed by atoms with Gasteiger partial charge in [-0.15, -0.1) is 0 Å². The van der Waals surface area contributed by atoms with Crippen LogP contribution in [0.4, 0.5) is 0 Å². The highest BCUT2D eigenvalue weighted by molar-refractivity contribution is 8.26. The number of thiocarbonyl (C=S) groups is 1. The molecule has 3 nitrogen and oxygen atoms in total. The molecule has 2 aromatic rings. The van der Waals surface area contributed by atoms with Gasteiger partial charge in [-0.3, -0.25) is 9.69 Å². The maximum Gasteiger partial charge on any atom is 0.266 e. The zero-order chi connectivity index (χ0) is 17.8. The summed E-state index contributed by atoms with van der Waals surface area (Å²) in [6, 6.07) is 15.2. The number of ether oxygens (including phenoxy) is 1. The van der Waals surface area contributed by atoms with Gasteiger partial charge in [0.2, 0.25) is 0 Å². The molecular weight excluding hydrogens is 374 g/mol. The predicted molar refractivity (Wildman–Crippen MR) is 108 cm³/mol. The first-order valence-corrected chi connectivity index (χ1v) is 9.40. The van der Waals surface area contributed by atoms with E-state index in [1.807, 2.05) is 61.5 Å². The van der Waals surface area contributed by atoms with E-state index in [-0.39, 0.29) is 5.91 Å². The lowest BCUT2D eigenvalue weighted by Gasteiger charge is -2.09. The number of hydrogen-bond acceptors (Lipinski definition) is 4. The number of nitrogens with zero attached hydrogens (tertiary/aromatic N) is 1. The van der Waals surface area contributed by atoms with Gasteiger partial charge in [0.1, 0.15) is 16.7 Å². The molecule has 0 saturated carbocycles. The fourth-order valence-corrected chi connectivity index (χ4v) is 3.94. The third kappa shape index (κ3) is 4.24. The molecule has 1 fully saturated rings. The topological polar surface area (TPSA) is 29.5 Å². The highest BCUT2D eigenvalue weighted by atomic mass is 35.5. The second-order valence-electron chi connectivity index (χ2n) is 5.38. The summed E-state index contributed by atoms with van der Waals surface area (Å²) < 4.78 is 6.37. The van der Waals surface area contributed by atoms with Crippen molar-refractivity contribution in [2.24, 2.45) is 0 Å². The van der Waals surface area contributed by atoms with Gasteiger partial charge >= 0.3 is 0 Å². The van der Waals surface area contributed by atoms with E-state index in [1.54, 1.807) is 4.90 Å². The van der Waals surface area contributed by atoms with Crippen molar-refractivity contribution in [3.8, 4) is 5.75 Å². The van der Waals surface area contributed by atoms with Crippen LogP contribution >= 0.6 is 35.6 Å². The number of hydrogen-bond donors (Lipinski definition) is 0. The van der Waals surface area contributed by atoms with Crippen molar-refractivity contribution in [3.05, 3.63) is 69.6 Å². The van der Waals surface area contributed by atoms with Gasteiger partial charge in [-0.25, -0.2) is 0 Å². The minimum atomic E-state index is -0.0310. The maximum atomic E-state index is 12.2. The lowest BCUT2D eigenvalue weighted by atomic mass is 10.2. The van der Waals surface area contributed by atoms with E-state index < -0.39 is 0 Å². The first-order valence-electron chi connectivity index (χ1n) is 7.80. The number of carbonyl (C=O) groups excluding carboxylic acids is 1. The van der Waals surface area contributed by atoms with Crippen molar-refractivity contribution in [1.82, 2.24) is 4.90 Å². The first kappa shape index (κ1) is 18.0. The van der Waals surface area contributed by atoms with Crippen LogP contribution < -0.4 is 4.74 Å². The Morgan fingerprint density at radius 1 is 1.20 bits per heavy atom. The van der Waals surface area contributed by atoms with Gasteiger partial charge < -0.3 is 4.74 Å². The molecule has 0 aromatic heterocycles. The number of amides is 1. The highest BCUT2D eigenvalue weighted by Gasteiger charge is 2.30. The molecule has 128 valence electrons. The average Bonchev–Trinajstić information content (AvgIpc) is 2.88. The second-order valence-corrected chi connectivity index (χ2v) is 7.46. The monoisotopic (exact) mass is 389 g/mol. The van der Waals surface area contributed by atoms with Crippen LogP contribution in [0.15, 0.2) is 53.4 Å². The Hall–Kier alpha value is -1.82. The molecule has 0 atom stereocenters. The third-order valence-corrected chi connectivity index (χ3v) is 5.47. The van der Waals surface area contributed by atoms with Crippen LogP contribution in [0.25, 0.3) is 6.08 Å². The average molecular weight is 390 g/mol.